The molecule has 3 atom stereocenters. The number of hydrogen-bond acceptors (Lipinski definition) is 4. The summed E-state index contributed by atoms with van der Waals surface area (Å²) in [6.07, 6.45) is 0.268. The number of rotatable bonds is 6. The molecule has 0 aliphatic carbocycles. The van der Waals surface area contributed by atoms with Gasteiger partial charge in [0.15, 0.2) is 0 Å². The van der Waals surface area contributed by atoms with Crippen molar-refractivity contribution >= 4 is 17.5 Å². The Kier molecular flexibility index (Phi) is 7.55. The number of likely N-dealkylation sites (tertiary alicyclic amines) is 1. The predicted molar refractivity (Wildman–Crippen MR) is 119 cm³/mol. The zero-order valence-electron chi connectivity index (χ0n) is 18.4. The molecule has 1 aliphatic heterocycles. The lowest BCUT2D eigenvalue weighted by molar-refractivity contribution is -0.184. The van der Waals surface area contributed by atoms with Crippen molar-refractivity contribution in [1.29, 1.82) is 0 Å². The first-order valence-electron chi connectivity index (χ1n) is 10.6. The molecule has 3 rings (SSSR count). The van der Waals surface area contributed by atoms with Gasteiger partial charge >= 0.3 is 0 Å². The Labute approximate surface area is 192 Å². The van der Waals surface area contributed by atoms with Gasteiger partial charge in [0.1, 0.15) is 16.7 Å². The molecule has 1 fully saturated rings. The van der Waals surface area contributed by atoms with Crippen molar-refractivity contribution in [2.45, 2.75) is 44.7 Å². The molecule has 0 saturated carbocycles. The molecule has 0 bridgehead atoms. The van der Waals surface area contributed by atoms with Gasteiger partial charge in [-0.15, -0.1) is 0 Å². The Bertz CT molecular complexity index is 929. The zero-order chi connectivity index (χ0) is 23.6. The highest BCUT2D eigenvalue weighted by Gasteiger charge is 2.44. The Morgan fingerprint density at radius 3 is 2.31 bits per heavy atom. The Balaban J connectivity index is 1.89. The average Bonchev–Trinajstić information content (AvgIpc) is 3.21. The lowest BCUT2D eigenvalue weighted by Gasteiger charge is -2.32. The summed E-state index contributed by atoms with van der Waals surface area (Å²) in [5, 5.41) is 20.6. The van der Waals surface area contributed by atoms with Gasteiger partial charge in [0.2, 0.25) is 0 Å². The second kappa shape index (κ2) is 9.83. The van der Waals surface area contributed by atoms with Crippen molar-refractivity contribution in [3.63, 3.8) is 0 Å². The number of carbonyl (C=O) groups is 1. The fraction of sp³-hybridized carbons (Fsp3) is 0.458. The van der Waals surface area contributed by atoms with Gasteiger partial charge in [-0.2, -0.15) is 0 Å². The van der Waals surface area contributed by atoms with Gasteiger partial charge < -0.3 is 5.11 Å². The molecule has 1 heterocycles. The van der Waals surface area contributed by atoms with Crippen molar-refractivity contribution < 1.29 is 23.9 Å². The maximum absolute atomic E-state index is 14.2. The van der Waals surface area contributed by atoms with Crippen LogP contribution in [0.25, 0.3) is 0 Å². The van der Waals surface area contributed by atoms with E-state index in [0.717, 1.165) is 17.7 Å². The highest BCUT2D eigenvalue weighted by atomic mass is 35.5. The van der Waals surface area contributed by atoms with Crippen LogP contribution in [0.15, 0.2) is 42.5 Å². The molecule has 1 amide bonds. The standard InChI is InChI=1S/C24H29ClF2N2O3/c1-24(2,3)28-12-18(16-10-20(26)22(25)21(27)11-16)19(13-28)23(31)29(32)17(14-30)9-15-7-5-4-6-8-15/h4-8,10-11,17-19,30,32H,9,12-14H2,1-3H3. The third-order valence-corrected chi connectivity index (χ3v) is 6.48. The molecule has 0 aromatic heterocycles. The lowest BCUT2D eigenvalue weighted by atomic mass is 9.87. The van der Waals surface area contributed by atoms with E-state index in [0.29, 0.717) is 23.7 Å². The minimum Gasteiger partial charge on any atom is -0.394 e. The van der Waals surface area contributed by atoms with E-state index in [1.807, 2.05) is 56.0 Å². The quantitative estimate of drug-likeness (QED) is 0.379. The van der Waals surface area contributed by atoms with E-state index in [2.05, 4.69) is 0 Å². The number of nitrogens with zero attached hydrogens (tertiary/aromatic N) is 2. The molecule has 1 saturated heterocycles. The SMILES string of the molecule is CC(C)(C)N1CC(C(=O)N(O)C(CO)Cc2ccccc2)C(c2cc(F)c(Cl)c(F)c2)C1. The minimum atomic E-state index is -0.889. The number of amides is 1. The van der Waals surface area contributed by atoms with Gasteiger partial charge in [-0.05, 0) is 50.5 Å². The van der Waals surface area contributed by atoms with Crippen LogP contribution in [0.1, 0.15) is 37.8 Å². The molecule has 2 N–H and O–H groups in total. The molecule has 0 radical (unpaired) electrons. The first-order valence-corrected chi connectivity index (χ1v) is 11.0. The number of aliphatic hydroxyl groups is 1. The van der Waals surface area contributed by atoms with E-state index in [9.17, 15) is 23.9 Å². The second-order valence-corrected chi connectivity index (χ2v) is 9.67. The smallest absolute Gasteiger partial charge is 0.251 e. The number of benzene rings is 2. The molecule has 5 nitrogen and oxygen atoms in total. The monoisotopic (exact) mass is 466 g/mol. The van der Waals surface area contributed by atoms with E-state index in [-0.39, 0.29) is 12.0 Å². The molecule has 8 heteroatoms. The summed E-state index contributed by atoms with van der Waals surface area (Å²) in [7, 11) is 0. The average molecular weight is 467 g/mol. The van der Waals surface area contributed by atoms with Gasteiger partial charge in [0.25, 0.3) is 5.91 Å². The topological polar surface area (TPSA) is 64.0 Å². The van der Waals surface area contributed by atoms with E-state index >= 15 is 0 Å². The van der Waals surface area contributed by atoms with Crippen molar-refractivity contribution in [1.82, 2.24) is 9.96 Å². The lowest BCUT2D eigenvalue weighted by Crippen LogP contribution is -2.46. The van der Waals surface area contributed by atoms with Crippen molar-refractivity contribution in [2.24, 2.45) is 5.92 Å². The van der Waals surface area contributed by atoms with Gasteiger partial charge in [-0.1, -0.05) is 41.9 Å². The van der Waals surface area contributed by atoms with Crippen LogP contribution in [-0.4, -0.2) is 57.5 Å². The molecule has 0 spiro atoms. The molecular formula is C24H29ClF2N2O3. The van der Waals surface area contributed by atoms with E-state index in [1.165, 1.54) is 0 Å². The number of hydrogen-bond donors (Lipinski definition) is 2. The summed E-state index contributed by atoms with van der Waals surface area (Å²) < 4.78 is 28.3. The number of halogens is 3. The van der Waals surface area contributed by atoms with E-state index in [1.54, 1.807) is 0 Å². The molecule has 2 aromatic rings. The van der Waals surface area contributed by atoms with Crippen molar-refractivity contribution in [2.75, 3.05) is 19.7 Å². The highest BCUT2D eigenvalue weighted by molar-refractivity contribution is 6.30. The van der Waals surface area contributed by atoms with Gasteiger partial charge in [0.05, 0.1) is 18.6 Å². The van der Waals surface area contributed by atoms with E-state index < -0.39 is 47.0 Å². The Morgan fingerprint density at radius 2 is 1.78 bits per heavy atom. The normalized spacial score (nSPS) is 20.4. The molecular weight excluding hydrogens is 438 g/mol. The van der Waals surface area contributed by atoms with Crippen molar-refractivity contribution in [3.8, 4) is 0 Å². The fourth-order valence-electron chi connectivity index (χ4n) is 4.19. The summed E-state index contributed by atoms with van der Waals surface area (Å²) >= 11 is 5.64. The van der Waals surface area contributed by atoms with E-state index in [4.69, 9.17) is 11.6 Å². The molecule has 1 aliphatic rings. The Morgan fingerprint density at radius 1 is 1.19 bits per heavy atom. The van der Waals surface area contributed by atoms with Crippen LogP contribution in [0, 0.1) is 17.6 Å². The highest BCUT2D eigenvalue weighted by Crippen LogP contribution is 2.39. The summed E-state index contributed by atoms with van der Waals surface area (Å²) in [5.74, 6) is -3.66. The molecule has 2 aromatic carbocycles. The van der Waals surface area contributed by atoms with Crippen molar-refractivity contribution in [3.05, 3.63) is 70.2 Å². The maximum atomic E-state index is 14.2. The molecule has 174 valence electrons. The third kappa shape index (κ3) is 5.29. The van der Waals surface area contributed by atoms with Crippen LogP contribution in [0.3, 0.4) is 0 Å². The largest absolute Gasteiger partial charge is 0.394 e. The first-order chi connectivity index (χ1) is 15.0. The summed E-state index contributed by atoms with van der Waals surface area (Å²) in [4.78, 5) is 15.4. The van der Waals surface area contributed by atoms with Gasteiger partial charge in [0, 0.05) is 24.5 Å². The third-order valence-electron chi connectivity index (χ3n) is 6.12. The minimum absolute atomic E-state index is 0.268. The number of carbonyl (C=O) groups excluding carboxylic acids is 1. The first kappa shape index (κ1) is 24.6. The van der Waals surface area contributed by atoms with Crippen LogP contribution in [-0.2, 0) is 11.2 Å². The predicted octanol–water partition coefficient (Wildman–Crippen LogP) is 4.25. The number of aliphatic hydroxyl groups excluding tert-OH is 1. The van der Waals surface area contributed by atoms with Gasteiger partial charge in [-0.3, -0.25) is 14.9 Å². The molecule has 32 heavy (non-hydrogen) atoms. The van der Waals surface area contributed by atoms with Crippen LogP contribution < -0.4 is 0 Å². The summed E-state index contributed by atoms with van der Waals surface area (Å²) in [6, 6.07) is 10.7. The zero-order valence-corrected chi connectivity index (χ0v) is 19.2. The molecule has 3 unspecified atom stereocenters. The fourth-order valence-corrected chi connectivity index (χ4v) is 4.30. The van der Waals surface area contributed by atoms with Crippen LogP contribution in [0.5, 0.6) is 0 Å². The second-order valence-electron chi connectivity index (χ2n) is 9.30. The summed E-state index contributed by atoms with van der Waals surface area (Å²) in [5.41, 5.74) is 0.878. The van der Waals surface area contributed by atoms with Crippen LogP contribution in [0.2, 0.25) is 5.02 Å². The summed E-state index contributed by atoms with van der Waals surface area (Å²) in [6.45, 7) is 6.23. The van der Waals surface area contributed by atoms with Crippen LogP contribution >= 0.6 is 11.6 Å². The Hall–Kier alpha value is -2.06. The number of hydroxylamine groups is 2. The van der Waals surface area contributed by atoms with Crippen LogP contribution in [0.4, 0.5) is 8.78 Å². The maximum Gasteiger partial charge on any atom is 0.251 e. The van der Waals surface area contributed by atoms with Gasteiger partial charge in [-0.25, -0.2) is 13.8 Å².